The van der Waals surface area contributed by atoms with Gasteiger partial charge in [-0.15, -0.1) is 0 Å². The van der Waals surface area contributed by atoms with E-state index < -0.39 is 0 Å². The van der Waals surface area contributed by atoms with Crippen LogP contribution in [-0.2, 0) is 0 Å². The Kier molecular flexibility index (Phi) is 1.39. The predicted octanol–water partition coefficient (Wildman–Crippen LogP) is 1.80. The van der Waals surface area contributed by atoms with Crippen molar-refractivity contribution in [3.05, 3.63) is 29.3 Å². The van der Waals surface area contributed by atoms with E-state index in [-0.39, 0.29) is 0 Å². The van der Waals surface area contributed by atoms with Gasteiger partial charge in [-0.2, -0.15) is 0 Å². The first-order chi connectivity index (χ1) is 5.36. The molecule has 0 saturated heterocycles. The number of benzene rings is 1. The molecule has 0 fully saturated rings. The van der Waals surface area contributed by atoms with Crippen molar-refractivity contribution in [2.75, 3.05) is 12.0 Å². The van der Waals surface area contributed by atoms with E-state index in [1.165, 1.54) is 16.8 Å². The molecule has 2 nitrogen and oxygen atoms in total. The average molecular weight is 146 g/mol. The van der Waals surface area contributed by atoms with Crippen molar-refractivity contribution < 1.29 is 0 Å². The van der Waals surface area contributed by atoms with Gasteiger partial charge < -0.3 is 5.32 Å². The van der Waals surface area contributed by atoms with E-state index in [0.29, 0.717) is 6.67 Å². The highest BCUT2D eigenvalue weighted by molar-refractivity contribution is 5.89. The Bertz CT molecular complexity index is 302. The Balaban J connectivity index is 2.54. The molecule has 11 heavy (non-hydrogen) atoms. The smallest absolute Gasteiger partial charge is 0.107 e. The molecule has 2 heteroatoms. The van der Waals surface area contributed by atoms with E-state index in [1.807, 2.05) is 6.21 Å². The summed E-state index contributed by atoms with van der Waals surface area (Å²) in [4.78, 5) is 4.12. The molecule has 1 aliphatic heterocycles. The van der Waals surface area contributed by atoms with Crippen LogP contribution in [0.2, 0.25) is 0 Å². The van der Waals surface area contributed by atoms with Crippen molar-refractivity contribution in [3.8, 4) is 0 Å². The third-order valence-electron chi connectivity index (χ3n) is 1.80. The van der Waals surface area contributed by atoms with Crippen molar-refractivity contribution in [3.63, 3.8) is 0 Å². The Labute approximate surface area is 66.0 Å². The number of aliphatic imine (C=N–C) groups is 1. The van der Waals surface area contributed by atoms with Crippen LogP contribution >= 0.6 is 0 Å². The highest BCUT2D eigenvalue weighted by Gasteiger charge is 2.02. The fourth-order valence-corrected chi connectivity index (χ4v) is 1.22. The lowest BCUT2D eigenvalue weighted by Gasteiger charge is -2.11. The van der Waals surface area contributed by atoms with Crippen LogP contribution in [0.15, 0.2) is 23.2 Å². The van der Waals surface area contributed by atoms with E-state index >= 15 is 0 Å². The molecule has 1 aliphatic rings. The van der Waals surface area contributed by atoms with Crippen LogP contribution in [0.4, 0.5) is 5.69 Å². The first-order valence-corrected chi connectivity index (χ1v) is 3.70. The van der Waals surface area contributed by atoms with E-state index in [9.17, 15) is 0 Å². The number of rotatable bonds is 0. The Morgan fingerprint density at radius 1 is 1.45 bits per heavy atom. The molecule has 0 aliphatic carbocycles. The summed E-state index contributed by atoms with van der Waals surface area (Å²) in [7, 11) is 0. The fourth-order valence-electron chi connectivity index (χ4n) is 1.22. The minimum absolute atomic E-state index is 0.704. The predicted molar refractivity (Wildman–Crippen MR) is 47.3 cm³/mol. The normalized spacial score (nSPS) is 13.9. The lowest BCUT2D eigenvalue weighted by Crippen LogP contribution is -2.07. The van der Waals surface area contributed by atoms with Crippen LogP contribution in [0, 0.1) is 6.92 Å². The standard InChI is InChI=1S/C9H10N2/c1-7-2-3-9-8(4-7)5-10-6-11-9/h2-5,11H,6H2,1H3. The molecule has 1 N–H and O–H groups in total. The molecule has 2 rings (SSSR count). The number of hydrogen-bond donors (Lipinski definition) is 1. The number of nitrogens with zero attached hydrogens (tertiary/aromatic N) is 1. The van der Waals surface area contributed by atoms with E-state index in [1.54, 1.807) is 0 Å². The molecule has 0 atom stereocenters. The maximum Gasteiger partial charge on any atom is 0.107 e. The average Bonchev–Trinajstić information content (AvgIpc) is 2.04. The maximum atomic E-state index is 4.12. The summed E-state index contributed by atoms with van der Waals surface area (Å²) >= 11 is 0. The molecule has 0 spiro atoms. The van der Waals surface area contributed by atoms with Crippen molar-refractivity contribution in [2.24, 2.45) is 4.99 Å². The van der Waals surface area contributed by atoms with Crippen molar-refractivity contribution >= 4 is 11.9 Å². The first-order valence-electron chi connectivity index (χ1n) is 3.70. The summed E-state index contributed by atoms with van der Waals surface area (Å²) in [6.07, 6.45) is 1.92. The Morgan fingerprint density at radius 3 is 3.27 bits per heavy atom. The number of fused-ring (bicyclic) bond motifs is 1. The van der Waals surface area contributed by atoms with Crippen LogP contribution in [0.5, 0.6) is 0 Å². The third-order valence-corrected chi connectivity index (χ3v) is 1.80. The van der Waals surface area contributed by atoms with Crippen LogP contribution in [0.25, 0.3) is 0 Å². The monoisotopic (exact) mass is 146 g/mol. The number of aryl methyl sites for hydroxylation is 1. The van der Waals surface area contributed by atoms with Crippen LogP contribution in [-0.4, -0.2) is 12.9 Å². The van der Waals surface area contributed by atoms with Crippen LogP contribution in [0.1, 0.15) is 11.1 Å². The molecule has 56 valence electrons. The molecule has 0 bridgehead atoms. The zero-order valence-corrected chi connectivity index (χ0v) is 6.46. The van der Waals surface area contributed by atoms with Gasteiger partial charge in [0, 0.05) is 17.5 Å². The molecule has 0 radical (unpaired) electrons. The summed E-state index contributed by atoms with van der Waals surface area (Å²) in [5.41, 5.74) is 3.65. The highest BCUT2D eigenvalue weighted by Crippen LogP contribution is 2.17. The van der Waals surface area contributed by atoms with E-state index in [0.717, 1.165) is 0 Å². The number of anilines is 1. The molecular formula is C9H10N2. The van der Waals surface area contributed by atoms with Crippen molar-refractivity contribution in [1.82, 2.24) is 0 Å². The Morgan fingerprint density at radius 2 is 2.36 bits per heavy atom. The highest BCUT2D eigenvalue weighted by atomic mass is 15.0. The fraction of sp³-hybridized carbons (Fsp3) is 0.222. The molecule has 0 aromatic heterocycles. The summed E-state index contributed by atoms with van der Waals surface area (Å²) in [6, 6.07) is 6.33. The quantitative estimate of drug-likeness (QED) is 0.593. The second-order valence-electron chi connectivity index (χ2n) is 2.74. The van der Waals surface area contributed by atoms with Gasteiger partial charge >= 0.3 is 0 Å². The molecular weight excluding hydrogens is 136 g/mol. The van der Waals surface area contributed by atoms with E-state index in [4.69, 9.17) is 0 Å². The lowest BCUT2D eigenvalue weighted by molar-refractivity contribution is 1.13. The Hall–Kier alpha value is -1.31. The van der Waals surface area contributed by atoms with Crippen LogP contribution in [0.3, 0.4) is 0 Å². The molecule has 1 aromatic carbocycles. The van der Waals surface area contributed by atoms with Crippen LogP contribution < -0.4 is 5.32 Å². The molecule has 0 saturated carbocycles. The third kappa shape index (κ3) is 1.11. The minimum atomic E-state index is 0.704. The summed E-state index contributed by atoms with van der Waals surface area (Å²) < 4.78 is 0. The SMILES string of the molecule is Cc1ccc2c(c1)C=NCN2. The second kappa shape index (κ2) is 2.38. The zero-order valence-electron chi connectivity index (χ0n) is 6.46. The zero-order chi connectivity index (χ0) is 7.68. The van der Waals surface area contributed by atoms with Crippen molar-refractivity contribution in [1.29, 1.82) is 0 Å². The summed E-state index contributed by atoms with van der Waals surface area (Å²) in [5, 5.41) is 3.19. The minimum Gasteiger partial charge on any atom is -0.366 e. The number of nitrogens with one attached hydrogen (secondary N) is 1. The van der Waals surface area contributed by atoms with E-state index in [2.05, 4.69) is 35.4 Å². The van der Waals surface area contributed by atoms with Gasteiger partial charge in [-0.05, 0) is 19.1 Å². The van der Waals surface area contributed by atoms with Gasteiger partial charge in [-0.3, -0.25) is 4.99 Å². The molecule has 1 aromatic rings. The lowest BCUT2D eigenvalue weighted by atomic mass is 10.1. The largest absolute Gasteiger partial charge is 0.366 e. The number of hydrogen-bond acceptors (Lipinski definition) is 2. The van der Waals surface area contributed by atoms with Gasteiger partial charge in [0.15, 0.2) is 0 Å². The van der Waals surface area contributed by atoms with Gasteiger partial charge in [0.1, 0.15) is 6.67 Å². The van der Waals surface area contributed by atoms with Gasteiger partial charge in [-0.1, -0.05) is 11.6 Å². The van der Waals surface area contributed by atoms with Gasteiger partial charge in [0.25, 0.3) is 0 Å². The maximum absolute atomic E-state index is 4.12. The summed E-state index contributed by atoms with van der Waals surface area (Å²) in [5.74, 6) is 0. The first kappa shape index (κ1) is 6.40. The van der Waals surface area contributed by atoms with Crippen molar-refractivity contribution in [2.45, 2.75) is 6.92 Å². The molecule has 0 unspecified atom stereocenters. The molecule has 1 heterocycles. The topological polar surface area (TPSA) is 24.4 Å². The summed E-state index contributed by atoms with van der Waals surface area (Å²) in [6.45, 7) is 2.79. The van der Waals surface area contributed by atoms with Gasteiger partial charge in [0.05, 0.1) is 0 Å². The second-order valence-corrected chi connectivity index (χ2v) is 2.74. The van der Waals surface area contributed by atoms with Gasteiger partial charge in [-0.25, -0.2) is 0 Å². The van der Waals surface area contributed by atoms with Gasteiger partial charge in [0.2, 0.25) is 0 Å². The molecule has 0 amide bonds.